The van der Waals surface area contributed by atoms with Gasteiger partial charge in [0.25, 0.3) is 0 Å². The average Bonchev–Trinajstić information content (AvgIpc) is 2.42. The molecule has 1 aliphatic heterocycles. The molecule has 19 heavy (non-hydrogen) atoms. The third-order valence-electron chi connectivity index (χ3n) is 3.34. The molecule has 1 fully saturated rings. The molecule has 5 nitrogen and oxygen atoms in total. The molecule has 0 aliphatic carbocycles. The first-order valence-corrected chi connectivity index (χ1v) is 6.52. The van der Waals surface area contributed by atoms with E-state index >= 15 is 0 Å². The highest BCUT2D eigenvalue weighted by atomic mass is 16.2. The number of nitrogens with one attached hydrogen (secondary N) is 2. The average molecular weight is 256 g/mol. The number of benzene rings is 1. The van der Waals surface area contributed by atoms with E-state index in [1.807, 2.05) is 31.2 Å². The predicted octanol–water partition coefficient (Wildman–Crippen LogP) is 1.63. The summed E-state index contributed by atoms with van der Waals surface area (Å²) in [6.07, 6.45) is 1.82. The van der Waals surface area contributed by atoms with Crippen molar-refractivity contribution in [3.63, 3.8) is 0 Å². The standard InChI is InChI=1S/C14H16N4O/c1-9-13(18-12-7-4-8-15-14(12)19)17-11-6-3-2-5-10(11)16-9/h2-3,5-6,12H,4,7-8H2,1H3,(H,15,19)(H,17,18). The SMILES string of the molecule is Cc1nc2ccccc2nc1NC1CCCNC1=O. The maximum Gasteiger partial charge on any atom is 0.242 e. The molecule has 98 valence electrons. The number of carbonyl (C=O) groups excluding carboxylic acids is 1. The second-order valence-corrected chi connectivity index (χ2v) is 4.78. The highest BCUT2D eigenvalue weighted by Crippen LogP contribution is 2.18. The van der Waals surface area contributed by atoms with Gasteiger partial charge in [0.15, 0.2) is 0 Å². The number of piperidine rings is 1. The van der Waals surface area contributed by atoms with E-state index in [1.165, 1.54) is 0 Å². The molecule has 1 amide bonds. The molecule has 2 N–H and O–H groups in total. The number of fused-ring (bicyclic) bond motifs is 1. The van der Waals surface area contributed by atoms with Gasteiger partial charge in [-0.15, -0.1) is 0 Å². The first-order valence-electron chi connectivity index (χ1n) is 6.52. The van der Waals surface area contributed by atoms with Crippen LogP contribution in [0.5, 0.6) is 0 Å². The minimum atomic E-state index is -0.206. The Morgan fingerprint density at radius 2 is 2.00 bits per heavy atom. The molecule has 1 aromatic carbocycles. The zero-order chi connectivity index (χ0) is 13.2. The van der Waals surface area contributed by atoms with Crippen LogP contribution in [-0.4, -0.2) is 28.5 Å². The highest BCUT2D eigenvalue weighted by molar-refractivity contribution is 5.85. The molecule has 5 heteroatoms. The summed E-state index contributed by atoms with van der Waals surface area (Å²) in [5.74, 6) is 0.737. The van der Waals surface area contributed by atoms with E-state index in [9.17, 15) is 4.79 Å². The number of aromatic nitrogens is 2. The summed E-state index contributed by atoms with van der Waals surface area (Å²) in [5.41, 5.74) is 2.53. The number of nitrogens with zero attached hydrogens (tertiary/aromatic N) is 2. The van der Waals surface area contributed by atoms with Crippen molar-refractivity contribution in [1.82, 2.24) is 15.3 Å². The maximum absolute atomic E-state index is 11.8. The molecule has 0 radical (unpaired) electrons. The van der Waals surface area contributed by atoms with E-state index in [4.69, 9.17) is 0 Å². The lowest BCUT2D eigenvalue weighted by Crippen LogP contribution is -2.44. The summed E-state index contributed by atoms with van der Waals surface area (Å²) >= 11 is 0. The maximum atomic E-state index is 11.8. The van der Waals surface area contributed by atoms with Crippen molar-refractivity contribution in [3.8, 4) is 0 Å². The predicted molar refractivity (Wildman–Crippen MR) is 73.9 cm³/mol. The Kier molecular flexibility index (Phi) is 3.03. The molecule has 1 saturated heterocycles. The zero-order valence-corrected chi connectivity index (χ0v) is 10.8. The molecule has 1 unspecified atom stereocenters. The number of rotatable bonds is 2. The van der Waals surface area contributed by atoms with Crippen molar-refractivity contribution in [2.24, 2.45) is 0 Å². The van der Waals surface area contributed by atoms with Crippen LogP contribution < -0.4 is 10.6 Å². The van der Waals surface area contributed by atoms with Gasteiger partial charge in [-0.1, -0.05) is 12.1 Å². The summed E-state index contributed by atoms with van der Waals surface area (Å²) in [4.78, 5) is 20.8. The van der Waals surface area contributed by atoms with Crippen LogP contribution in [0.4, 0.5) is 5.82 Å². The molecular weight excluding hydrogens is 240 g/mol. The normalized spacial score (nSPS) is 19.2. The van der Waals surface area contributed by atoms with Crippen LogP contribution in [0.1, 0.15) is 18.5 Å². The minimum Gasteiger partial charge on any atom is -0.357 e. The number of amides is 1. The van der Waals surface area contributed by atoms with Gasteiger partial charge in [-0.2, -0.15) is 0 Å². The van der Waals surface area contributed by atoms with Crippen molar-refractivity contribution in [2.75, 3.05) is 11.9 Å². The van der Waals surface area contributed by atoms with Crippen molar-refractivity contribution in [1.29, 1.82) is 0 Å². The summed E-state index contributed by atoms with van der Waals surface area (Å²) in [7, 11) is 0. The van der Waals surface area contributed by atoms with Gasteiger partial charge in [0.05, 0.1) is 16.7 Å². The van der Waals surface area contributed by atoms with Gasteiger partial charge in [-0.25, -0.2) is 9.97 Å². The monoisotopic (exact) mass is 256 g/mol. The van der Waals surface area contributed by atoms with Gasteiger partial charge >= 0.3 is 0 Å². The zero-order valence-electron chi connectivity index (χ0n) is 10.8. The molecule has 3 rings (SSSR count). The van der Waals surface area contributed by atoms with Crippen molar-refractivity contribution >= 4 is 22.8 Å². The second kappa shape index (κ2) is 4.84. The lowest BCUT2D eigenvalue weighted by atomic mass is 10.1. The lowest BCUT2D eigenvalue weighted by Gasteiger charge is -2.23. The van der Waals surface area contributed by atoms with Gasteiger partial charge in [0, 0.05) is 6.54 Å². The quantitative estimate of drug-likeness (QED) is 0.857. The summed E-state index contributed by atoms with van der Waals surface area (Å²) < 4.78 is 0. The molecule has 0 saturated carbocycles. The Morgan fingerprint density at radius 3 is 2.74 bits per heavy atom. The number of carbonyl (C=O) groups is 1. The lowest BCUT2D eigenvalue weighted by molar-refractivity contribution is -0.123. The Balaban J connectivity index is 1.91. The van der Waals surface area contributed by atoms with E-state index in [-0.39, 0.29) is 11.9 Å². The summed E-state index contributed by atoms with van der Waals surface area (Å²) in [5, 5.41) is 6.06. The fourth-order valence-electron chi connectivity index (χ4n) is 2.30. The Bertz CT molecular complexity index is 626. The number of hydrogen-bond donors (Lipinski definition) is 2. The van der Waals surface area contributed by atoms with Crippen LogP contribution in [0, 0.1) is 6.92 Å². The van der Waals surface area contributed by atoms with E-state index in [1.54, 1.807) is 0 Å². The first kappa shape index (κ1) is 11.9. The van der Waals surface area contributed by atoms with Crippen LogP contribution in [0.2, 0.25) is 0 Å². The van der Waals surface area contributed by atoms with E-state index < -0.39 is 0 Å². The van der Waals surface area contributed by atoms with Crippen LogP contribution in [0.3, 0.4) is 0 Å². The number of aryl methyl sites for hydroxylation is 1. The topological polar surface area (TPSA) is 66.9 Å². The number of hydrogen-bond acceptors (Lipinski definition) is 4. The molecule has 1 aromatic heterocycles. The van der Waals surface area contributed by atoms with Crippen LogP contribution in [0.25, 0.3) is 11.0 Å². The summed E-state index contributed by atoms with van der Waals surface area (Å²) in [6, 6.07) is 7.53. The molecular formula is C14H16N4O. The third kappa shape index (κ3) is 2.36. The molecule has 1 aliphatic rings. The fourth-order valence-corrected chi connectivity index (χ4v) is 2.30. The number of anilines is 1. The Morgan fingerprint density at radius 1 is 1.26 bits per heavy atom. The number of para-hydroxylation sites is 2. The second-order valence-electron chi connectivity index (χ2n) is 4.78. The molecule has 0 bridgehead atoms. The van der Waals surface area contributed by atoms with Gasteiger partial charge in [-0.3, -0.25) is 4.79 Å². The van der Waals surface area contributed by atoms with Gasteiger partial charge in [0.2, 0.25) is 5.91 Å². The van der Waals surface area contributed by atoms with Crippen LogP contribution in [0.15, 0.2) is 24.3 Å². The van der Waals surface area contributed by atoms with Gasteiger partial charge in [0.1, 0.15) is 11.9 Å². The Labute approximate surface area is 111 Å². The van der Waals surface area contributed by atoms with Crippen LogP contribution >= 0.6 is 0 Å². The molecule has 2 aromatic rings. The van der Waals surface area contributed by atoms with Crippen molar-refractivity contribution in [2.45, 2.75) is 25.8 Å². The Hall–Kier alpha value is -2.17. The highest BCUT2D eigenvalue weighted by Gasteiger charge is 2.22. The summed E-state index contributed by atoms with van der Waals surface area (Å²) in [6.45, 7) is 2.67. The largest absolute Gasteiger partial charge is 0.357 e. The fraction of sp³-hybridized carbons (Fsp3) is 0.357. The van der Waals surface area contributed by atoms with Gasteiger partial charge in [-0.05, 0) is 31.9 Å². The smallest absolute Gasteiger partial charge is 0.242 e. The van der Waals surface area contributed by atoms with Gasteiger partial charge < -0.3 is 10.6 Å². The molecule has 0 spiro atoms. The van der Waals surface area contributed by atoms with E-state index in [0.29, 0.717) is 5.82 Å². The van der Waals surface area contributed by atoms with E-state index in [2.05, 4.69) is 20.6 Å². The third-order valence-corrected chi connectivity index (χ3v) is 3.34. The van der Waals surface area contributed by atoms with Crippen molar-refractivity contribution in [3.05, 3.63) is 30.0 Å². The van der Waals surface area contributed by atoms with Crippen LogP contribution in [-0.2, 0) is 4.79 Å². The molecule has 1 atom stereocenters. The first-order chi connectivity index (χ1) is 9.24. The van der Waals surface area contributed by atoms with Crippen molar-refractivity contribution < 1.29 is 4.79 Å². The van der Waals surface area contributed by atoms with E-state index in [0.717, 1.165) is 36.1 Å². The minimum absolute atomic E-state index is 0.0422. The molecule has 2 heterocycles.